The molecule has 0 aliphatic carbocycles. The predicted octanol–water partition coefficient (Wildman–Crippen LogP) is 3.80. The molecule has 0 amide bonds. The van der Waals surface area contributed by atoms with Crippen LogP contribution in [-0.4, -0.2) is 7.05 Å². The van der Waals surface area contributed by atoms with Crippen molar-refractivity contribution in [3.8, 4) is 0 Å². The zero-order valence-corrected chi connectivity index (χ0v) is 10.3. The van der Waals surface area contributed by atoms with Crippen molar-refractivity contribution in [3.63, 3.8) is 0 Å². The summed E-state index contributed by atoms with van der Waals surface area (Å²) in [4.78, 5) is 0. The Bertz CT molecular complexity index is 612. The number of hydrogen-bond acceptors (Lipinski definition) is 3. The fraction of sp³-hybridized carbons (Fsp3) is 0.143. The molecule has 0 spiro atoms. The first kappa shape index (κ1) is 10.6. The highest BCUT2D eigenvalue weighted by Gasteiger charge is 2.16. The molecule has 3 aromatic rings. The van der Waals surface area contributed by atoms with Crippen LogP contribution in [0.25, 0.3) is 10.1 Å². The zero-order chi connectivity index (χ0) is 11.7. The molecule has 2 nitrogen and oxygen atoms in total. The second-order valence-electron chi connectivity index (χ2n) is 3.96. The maximum atomic E-state index is 5.18. The van der Waals surface area contributed by atoms with E-state index in [0.29, 0.717) is 0 Å². The van der Waals surface area contributed by atoms with E-state index in [1.165, 1.54) is 15.6 Å². The summed E-state index contributed by atoms with van der Waals surface area (Å²) in [5.74, 6) is 0. The molecule has 0 saturated carbocycles. The Hall–Kier alpha value is -1.58. The quantitative estimate of drug-likeness (QED) is 0.757. The average Bonchev–Trinajstić information content (AvgIpc) is 3.00. The number of benzene rings is 1. The van der Waals surface area contributed by atoms with E-state index in [9.17, 15) is 0 Å². The number of fused-ring (bicyclic) bond motifs is 1. The summed E-state index contributed by atoms with van der Waals surface area (Å²) in [6, 6.07) is 10.8. The molecule has 1 aromatic carbocycles. The largest absolute Gasteiger partial charge is 0.472 e. The van der Waals surface area contributed by atoms with Gasteiger partial charge in [0.05, 0.1) is 18.6 Å². The smallest absolute Gasteiger partial charge is 0.0953 e. The number of hydrogen-bond donors (Lipinski definition) is 1. The molecule has 0 saturated heterocycles. The Balaban J connectivity index is 2.16. The highest BCUT2D eigenvalue weighted by molar-refractivity contribution is 7.17. The van der Waals surface area contributed by atoms with Gasteiger partial charge in [-0.25, -0.2) is 0 Å². The summed E-state index contributed by atoms with van der Waals surface area (Å²) in [6.07, 6.45) is 3.52. The van der Waals surface area contributed by atoms with E-state index in [4.69, 9.17) is 4.42 Å². The minimum absolute atomic E-state index is 0.191. The molecule has 2 heterocycles. The van der Waals surface area contributed by atoms with Gasteiger partial charge in [-0.3, -0.25) is 0 Å². The molecule has 0 radical (unpaired) electrons. The van der Waals surface area contributed by atoms with Gasteiger partial charge < -0.3 is 9.73 Å². The molecule has 86 valence electrons. The van der Waals surface area contributed by atoms with E-state index in [-0.39, 0.29) is 6.04 Å². The van der Waals surface area contributed by atoms with E-state index >= 15 is 0 Å². The molecule has 3 heteroatoms. The standard InChI is InChI=1S/C14H13NOS/c1-15-13(11-5-7-16-9-11)12-4-2-3-10-6-8-17-14(10)12/h2-9,13,15H,1H3. The first-order chi connectivity index (χ1) is 8.40. The monoisotopic (exact) mass is 243 g/mol. The SMILES string of the molecule is CNC(c1ccoc1)c1cccc2ccsc12. The summed E-state index contributed by atoms with van der Waals surface area (Å²) in [6.45, 7) is 0. The van der Waals surface area contributed by atoms with Crippen molar-refractivity contribution < 1.29 is 4.42 Å². The normalized spacial score (nSPS) is 13.0. The second-order valence-corrected chi connectivity index (χ2v) is 4.88. The van der Waals surface area contributed by atoms with Gasteiger partial charge in [0.15, 0.2) is 0 Å². The van der Waals surface area contributed by atoms with Crippen molar-refractivity contribution in [3.05, 3.63) is 59.4 Å². The average molecular weight is 243 g/mol. The molecular formula is C14H13NOS. The van der Waals surface area contributed by atoms with E-state index in [1.807, 2.05) is 13.1 Å². The summed E-state index contributed by atoms with van der Waals surface area (Å²) < 4.78 is 6.52. The van der Waals surface area contributed by atoms with Crippen LogP contribution < -0.4 is 5.32 Å². The number of thiophene rings is 1. The van der Waals surface area contributed by atoms with Gasteiger partial charge >= 0.3 is 0 Å². The molecular weight excluding hydrogens is 230 g/mol. The lowest BCUT2D eigenvalue weighted by Crippen LogP contribution is -2.16. The fourth-order valence-corrected chi connectivity index (χ4v) is 3.13. The van der Waals surface area contributed by atoms with Gasteiger partial charge in [-0.1, -0.05) is 18.2 Å². The van der Waals surface area contributed by atoms with Crippen LogP contribution in [0.5, 0.6) is 0 Å². The highest BCUT2D eigenvalue weighted by Crippen LogP contribution is 2.32. The minimum Gasteiger partial charge on any atom is -0.472 e. The van der Waals surface area contributed by atoms with Crippen molar-refractivity contribution in [1.82, 2.24) is 5.32 Å². The van der Waals surface area contributed by atoms with Crippen molar-refractivity contribution in [2.45, 2.75) is 6.04 Å². The lowest BCUT2D eigenvalue weighted by atomic mass is 10.0. The first-order valence-electron chi connectivity index (χ1n) is 5.55. The summed E-state index contributed by atoms with van der Waals surface area (Å²) >= 11 is 1.78. The lowest BCUT2D eigenvalue weighted by Gasteiger charge is -2.15. The predicted molar refractivity (Wildman–Crippen MR) is 71.4 cm³/mol. The minimum atomic E-state index is 0.191. The van der Waals surface area contributed by atoms with Crippen LogP contribution in [0.15, 0.2) is 52.7 Å². The van der Waals surface area contributed by atoms with Crippen molar-refractivity contribution >= 4 is 21.4 Å². The third kappa shape index (κ3) is 1.77. The molecule has 2 aromatic heterocycles. The molecule has 0 fully saturated rings. The molecule has 17 heavy (non-hydrogen) atoms. The van der Waals surface area contributed by atoms with Crippen LogP contribution in [0, 0.1) is 0 Å². The Morgan fingerprint density at radius 2 is 2.18 bits per heavy atom. The van der Waals surface area contributed by atoms with Gasteiger partial charge in [0.1, 0.15) is 0 Å². The van der Waals surface area contributed by atoms with Crippen molar-refractivity contribution in [2.75, 3.05) is 7.05 Å². The highest BCUT2D eigenvalue weighted by atomic mass is 32.1. The Kier molecular flexibility index (Phi) is 2.71. The van der Waals surface area contributed by atoms with Crippen LogP contribution >= 0.6 is 11.3 Å². The molecule has 1 atom stereocenters. The number of furan rings is 1. The third-order valence-corrected chi connectivity index (χ3v) is 3.96. The van der Waals surface area contributed by atoms with Crippen molar-refractivity contribution in [1.29, 1.82) is 0 Å². The molecule has 0 aliphatic heterocycles. The van der Waals surface area contributed by atoms with Crippen LogP contribution in [0.4, 0.5) is 0 Å². The number of nitrogens with one attached hydrogen (secondary N) is 1. The van der Waals surface area contributed by atoms with Crippen LogP contribution in [0.3, 0.4) is 0 Å². The maximum absolute atomic E-state index is 5.18. The molecule has 1 N–H and O–H groups in total. The third-order valence-electron chi connectivity index (χ3n) is 2.99. The Morgan fingerprint density at radius 3 is 2.94 bits per heavy atom. The van der Waals surface area contributed by atoms with E-state index in [2.05, 4.69) is 35.0 Å². The van der Waals surface area contributed by atoms with Gasteiger partial charge in [-0.2, -0.15) is 0 Å². The van der Waals surface area contributed by atoms with Crippen molar-refractivity contribution in [2.24, 2.45) is 0 Å². The van der Waals surface area contributed by atoms with E-state index < -0.39 is 0 Å². The van der Waals surface area contributed by atoms with Gasteiger partial charge in [0.25, 0.3) is 0 Å². The topological polar surface area (TPSA) is 25.2 Å². The van der Waals surface area contributed by atoms with Crippen LogP contribution in [-0.2, 0) is 0 Å². The summed E-state index contributed by atoms with van der Waals surface area (Å²) in [5, 5.41) is 6.79. The molecule has 0 aliphatic rings. The van der Waals surface area contributed by atoms with Crippen LogP contribution in [0.1, 0.15) is 17.2 Å². The van der Waals surface area contributed by atoms with Gasteiger partial charge in [0.2, 0.25) is 0 Å². The summed E-state index contributed by atoms with van der Waals surface area (Å²) in [5.41, 5.74) is 2.47. The van der Waals surface area contributed by atoms with Gasteiger partial charge in [-0.05, 0) is 35.5 Å². The van der Waals surface area contributed by atoms with Crippen LogP contribution in [0.2, 0.25) is 0 Å². The first-order valence-corrected chi connectivity index (χ1v) is 6.43. The van der Waals surface area contributed by atoms with Gasteiger partial charge in [-0.15, -0.1) is 11.3 Å². The summed E-state index contributed by atoms with van der Waals surface area (Å²) in [7, 11) is 1.98. The zero-order valence-electron chi connectivity index (χ0n) is 9.51. The fourth-order valence-electron chi connectivity index (χ4n) is 2.18. The Labute approximate surface area is 104 Å². The molecule has 0 bridgehead atoms. The van der Waals surface area contributed by atoms with E-state index in [0.717, 1.165) is 5.56 Å². The Morgan fingerprint density at radius 1 is 1.24 bits per heavy atom. The van der Waals surface area contributed by atoms with E-state index in [1.54, 1.807) is 23.9 Å². The lowest BCUT2D eigenvalue weighted by molar-refractivity contribution is 0.558. The number of rotatable bonds is 3. The second kappa shape index (κ2) is 4.35. The maximum Gasteiger partial charge on any atom is 0.0953 e. The molecule has 3 rings (SSSR count). The van der Waals surface area contributed by atoms with Gasteiger partial charge in [0, 0.05) is 10.3 Å². The molecule has 1 unspecified atom stereocenters.